The van der Waals surface area contributed by atoms with Gasteiger partial charge in [0, 0.05) is 18.8 Å². The Morgan fingerprint density at radius 3 is 2.35 bits per heavy atom. The van der Waals surface area contributed by atoms with Gasteiger partial charge in [0.05, 0.1) is 18.1 Å². The van der Waals surface area contributed by atoms with E-state index in [2.05, 4.69) is 4.98 Å². The maximum atomic E-state index is 13.5. The first kappa shape index (κ1) is 21.2. The highest BCUT2D eigenvalue weighted by Crippen LogP contribution is 2.37. The number of imidazole rings is 1. The Bertz CT molecular complexity index is 1050. The molecule has 0 radical (unpaired) electrons. The highest BCUT2D eigenvalue weighted by molar-refractivity contribution is 5.93. The quantitative estimate of drug-likeness (QED) is 0.517. The molecular formula is C24H24F3N3O. The summed E-state index contributed by atoms with van der Waals surface area (Å²) >= 11 is 0. The summed E-state index contributed by atoms with van der Waals surface area (Å²) in [6.45, 7) is 1.42. The molecule has 2 heterocycles. The van der Waals surface area contributed by atoms with Gasteiger partial charge in [-0.15, -0.1) is 0 Å². The second kappa shape index (κ2) is 8.96. The SMILES string of the molecule is O=C(c1cncn1-c1cccc(-c2ccccc2C(F)(F)F)c1)N1CCCCCCC1. The number of carbonyl (C=O) groups excluding carboxylic acids is 1. The molecular weight excluding hydrogens is 403 g/mol. The van der Waals surface area contributed by atoms with Gasteiger partial charge in [0.2, 0.25) is 0 Å². The van der Waals surface area contributed by atoms with Crippen LogP contribution >= 0.6 is 0 Å². The molecule has 7 heteroatoms. The van der Waals surface area contributed by atoms with Crippen LogP contribution < -0.4 is 0 Å². The van der Waals surface area contributed by atoms with Gasteiger partial charge in [-0.25, -0.2) is 4.98 Å². The zero-order valence-corrected chi connectivity index (χ0v) is 17.1. The maximum absolute atomic E-state index is 13.5. The van der Waals surface area contributed by atoms with Crippen molar-refractivity contribution in [3.05, 3.63) is 72.3 Å². The van der Waals surface area contributed by atoms with Gasteiger partial charge >= 0.3 is 6.18 Å². The number of carbonyl (C=O) groups is 1. The molecule has 162 valence electrons. The van der Waals surface area contributed by atoms with Crippen molar-refractivity contribution >= 4 is 5.91 Å². The van der Waals surface area contributed by atoms with Crippen molar-refractivity contribution in [1.29, 1.82) is 0 Å². The van der Waals surface area contributed by atoms with E-state index in [0.717, 1.165) is 31.7 Å². The number of likely N-dealkylation sites (tertiary alicyclic amines) is 1. The molecule has 0 N–H and O–H groups in total. The highest BCUT2D eigenvalue weighted by atomic mass is 19.4. The van der Waals surface area contributed by atoms with E-state index in [1.165, 1.54) is 31.1 Å². The molecule has 0 saturated carbocycles. The molecule has 1 fully saturated rings. The van der Waals surface area contributed by atoms with Gasteiger partial charge in [-0.2, -0.15) is 13.2 Å². The number of hydrogen-bond acceptors (Lipinski definition) is 2. The van der Waals surface area contributed by atoms with E-state index in [0.29, 0.717) is 30.0 Å². The lowest BCUT2D eigenvalue weighted by molar-refractivity contribution is -0.137. The monoisotopic (exact) mass is 427 g/mol. The fourth-order valence-corrected chi connectivity index (χ4v) is 4.08. The van der Waals surface area contributed by atoms with Crippen LogP contribution in [0.1, 0.15) is 48.2 Å². The van der Waals surface area contributed by atoms with Gasteiger partial charge in [-0.3, -0.25) is 9.36 Å². The summed E-state index contributed by atoms with van der Waals surface area (Å²) in [4.78, 5) is 19.2. The van der Waals surface area contributed by atoms with Crippen LogP contribution in [0.3, 0.4) is 0 Å². The molecule has 0 spiro atoms. The van der Waals surface area contributed by atoms with Crippen LogP contribution in [0, 0.1) is 0 Å². The largest absolute Gasteiger partial charge is 0.417 e. The van der Waals surface area contributed by atoms with Gasteiger partial charge in [-0.1, -0.05) is 49.6 Å². The zero-order valence-electron chi connectivity index (χ0n) is 17.1. The van der Waals surface area contributed by atoms with Crippen molar-refractivity contribution < 1.29 is 18.0 Å². The fourth-order valence-electron chi connectivity index (χ4n) is 4.08. The number of nitrogens with zero attached hydrogens (tertiary/aromatic N) is 3. The average Bonchev–Trinajstić information content (AvgIpc) is 3.23. The fraction of sp³-hybridized carbons (Fsp3) is 0.333. The molecule has 3 aromatic rings. The molecule has 0 aliphatic carbocycles. The smallest absolute Gasteiger partial charge is 0.337 e. The minimum Gasteiger partial charge on any atom is -0.337 e. The third-order valence-electron chi connectivity index (χ3n) is 5.67. The van der Waals surface area contributed by atoms with E-state index in [9.17, 15) is 18.0 Å². The molecule has 0 unspecified atom stereocenters. The predicted molar refractivity (Wildman–Crippen MR) is 113 cm³/mol. The molecule has 1 aliphatic heterocycles. The minimum atomic E-state index is -4.45. The van der Waals surface area contributed by atoms with Crippen LogP contribution in [-0.2, 0) is 6.18 Å². The van der Waals surface area contributed by atoms with Gasteiger partial charge in [0.15, 0.2) is 0 Å². The molecule has 2 aromatic carbocycles. The topological polar surface area (TPSA) is 38.1 Å². The summed E-state index contributed by atoms with van der Waals surface area (Å²) in [5, 5.41) is 0. The third kappa shape index (κ3) is 4.65. The number of halogens is 3. The number of aromatic nitrogens is 2. The maximum Gasteiger partial charge on any atom is 0.417 e. The second-order valence-electron chi connectivity index (χ2n) is 7.80. The van der Waals surface area contributed by atoms with Crippen molar-refractivity contribution in [3.63, 3.8) is 0 Å². The molecule has 4 nitrogen and oxygen atoms in total. The van der Waals surface area contributed by atoms with E-state index in [-0.39, 0.29) is 11.5 Å². The van der Waals surface area contributed by atoms with Crippen LogP contribution in [0.2, 0.25) is 0 Å². The molecule has 1 amide bonds. The van der Waals surface area contributed by atoms with Crippen LogP contribution in [0.4, 0.5) is 13.2 Å². The summed E-state index contributed by atoms with van der Waals surface area (Å²) in [5.74, 6) is -0.0968. The third-order valence-corrected chi connectivity index (χ3v) is 5.67. The minimum absolute atomic E-state index is 0.0968. The van der Waals surface area contributed by atoms with E-state index in [1.54, 1.807) is 34.9 Å². The van der Waals surface area contributed by atoms with Crippen LogP contribution in [0.25, 0.3) is 16.8 Å². The number of rotatable bonds is 3. The molecule has 1 aromatic heterocycles. The van der Waals surface area contributed by atoms with Gasteiger partial charge < -0.3 is 4.90 Å². The van der Waals surface area contributed by atoms with Crippen LogP contribution in [0.5, 0.6) is 0 Å². The van der Waals surface area contributed by atoms with E-state index in [1.807, 2.05) is 4.90 Å². The Kier molecular flexibility index (Phi) is 6.11. The predicted octanol–water partition coefficient (Wildman–Crippen LogP) is 5.96. The first-order valence-electron chi connectivity index (χ1n) is 10.5. The van der Waals surface area contributed by atoms with Crippen molar-refractivity contribution in [2.24, 2.45) is 0 Å². The van der Waals surface area contributed by atoms with E-state index < -0.39 is 11.7 Å². The normalized spacial score (nSPS) is 15.4. The first-order chi connectivity index (χ1) is 14.9. The highest BCUT2D eigenvalue weighted by Gasteiger charge is 2.33. The summed E-state index contributed by atoms with van der Waals surface area (Å²) in [5.41, 5.74) is 0.872. The van der Waals surface area contributed by atoms with Crippen molar-refractivity contribution in [1.82, 2.24) is 14.5 Å². The number of amides is 1. The zero-order chi connectivity index (χ0) is 21.8. The summed E-state index contributed by atoms with van der Waals surface area (Å²) in [6.07, 6.45) is 3.99. The van der Waals surface area contributed by atoms with Crippen molar-refractivity contribution in [2.75, 3.05) is 13.1 Å². The van der Waals surface area contributed by atoms with Gasteiger partial charge in [0.25, 0.3) is 5.91 Å². The molecule has 0 bridgehead atoms. The summed E-state index contributed by atoms with van der Waals surface area (Å²) in [6, 6.07) is 12.3. The average molecular weight is 427 g/mol. The number of benzene rings is 2. The lowest BCUT2D eigenvalue weighted by atomic mass is 9.99. The number of hydrogen-bond donors (Lipinski definition) is 0. The lowest BCUT2D eigenvalue weighted by Gasteiger charge is -2.25. The second-order valence-corrected chi connectivity index (χ2v) is 7.80. The van der Waals surface area contributed by atoms with E-state index >= 15 is 0 Å². The van der Waals surface area contributed by atoms with Crippen LogP contribution in [0.15, 0.2) is 61.1 Å². The number of alkyl halides is 3. The molecule has 0 atom stereocenters. The Morgan fingerprint density at radius 1 is 0.903 bits per heavy atom. The standard InChI is InChI=1S/C24H24F3N3O/c25-24(26,27)21-12-5-4-11-20(21)18-9-8-10-19(15-18)30-17-28-16-22(30)23(31)29-13-6-2-1-3-7-14-29/h4-5,8-12,15-17H,1-3,6-7,13-14H2. The van der Waals surface area contributed by atoms with Gasteiger partial charge in [0.1, 0.15) is 5.69 Å². The molecule has 31 heavy (non-hydrogen) atoms. The molecule has 4 rings (SSSR count). The Hall–Kier alpha value is -3.09. The van der Waals surface area contributed by atoms with E-state index in [4.69, 9.17) is 0 Å². The molecule has 1 saturated heterocycles. The van der Waals surface area contributed by atoms with Crippen molar-refractivity contribution in [3.8, 4) is 16.8 Å². The Morgan fingerprint density at radius 2 is 1.61 bits per heavy atom. The van der Waals surface area contributed by atoms with Crippen molar-refractivity contribution in [2.45, 2.75) is 38.3 Å². The molecule has 1 aliphatic rings. The van der Waals surface area contributed by atoms with Crippen LogP contribution in [-0.4, -0.2) is 33.4 Å². The Labute approximate surface area is 179 Å². The first-order valence-corrected chi connectivity index (χ1v) is 10.5. The lowest BCUT2D eigenvalue weighted by Crippen LogP contribution is -2.34. The summed E-state index contributed by atoms with van der Waals surface area (Å²) in [7, 11) is 0. The Balaban J connectivity index is 1.68. The van der Waals surface area contributed by atoms with Gasteiger partial charge in [-0.05, 0) is 42.2 Å². The summed E-state index contributed by atoms with van der Waals surface area (Å²) < 4.78 is 42.1.